The van der Waals surface area contributed by atoms with Crippen molar-refractivity contribution < 1.29 is 0 Å². The first-order chi connectivity index (χ1) is 5.88. The number of aromatic nitrogens is 2. The molecule has 0 bridgehead atoms. The topological polar surface area (TPSA) is 54.7 Å². The highest BCUT2D eigenvalue weighted by molar-refractivity contribution is 5.74. The van der Waals surface area contributed by atoms with Crippen molar-refractivity contribution in [2.45, 2.75) is 0 Å². The van der Waals surface area contributed by atoms with Gasteiger partial charge < -0.3 is 10.7 Å². The Kier molecular flexibility index (Phi) is 1.55. The first-order valence-electron chi connectivity index (χ1n) is 3.70. The van der Waals surface area contributed by atoms with Crippen LogP contribution in [0.5, 0.6) is 0 Å². The minimum atomic E-state index is 0.754. The predicted octanol–water partition coefficient (Wildman–Crippen LogP) is 1.66. The Morgan fingerprint density at radius 2 is 2.25 bits per heavy atom. The number of aromatic amines is 1. The molecule has 0 fully saturated rings. The quantitative estimate of drug-likeness (QED) is 0.664. The summed E-state index contributed by atoms with van der Waals surface area (Å²) in [6, 6.07) is 3.76. The summed E-state index contributed by atoms with van der Waals surface area (Å²) in [6.45, 7) is 0. The lowest BCUT2D eigenvalue weighted by Gasteiger charge is -1.99. The van der Waals surface area contributed by atoms with E-state index in [2.05, 4.69) is 9.97 Å². The fraction of sp³-hybridized carbons (Fsp3) is 0. The number of hydrogen-bond donors (Lipinski definition) is 2. The number of anilines is 1. The molecule has 0 aliphatic carbocycles. The second kappa shape index (κ2) is 2.70. The first-order valence-corrected chi connectivity index (χ1v) is 3.70. The van der Waals surface area contributed by atoms with Crippen LogP contribution in [0.15, 0.2) is 36.9 Å². The van der Waals surface area contributed by atoms with Gasteiger partial charge in [0.15, 0.2) is 0 Å². The van der Waals surface area contributed by atoms with Gasteiger partial charge in [-0.15, -0.1) is 0 Å². The summed E-state index contributed by atoms with van der Waals surface area (Å²) in [5.41, 5.74) is 8.55. The highest BCUT2D eigenvalue weighted by atomic mass is 14.7. The van der Waals surface area contributed by atoms with Crippen LogP contribution in [-0.4, -0.2) is 9.97 Å². The SMILES string of the molecule is Nc1ccncc1-c1cc[nH]c1. The van der Waals surface area contributed by atoms with Crippen LogP contribution in [0, 0.1) is 0 Å². The van der Waals surface area contributed by atoms with E-state index < -0.39 is 0 Å². The summed E-state index contributed by atoms with van der Waals surface area (Å²) in [6.07, 6.45) is 7.21. The van der Waals surface area contributed by atoms with Gasteiger partial charge in [-0.05, 0) is 12.1 Å². The molecule has 60 valence electrons. The number of nitrogen functional groups attached to an aromatic ring is 1. The molecule has 0 spiro atoms. The van der Waals surface area contributed by atoms with E-state index in [1.807, 2.05) is 18.5 Å². The van der Waals surface area contributed by atoms with Crippen molar-refractivity contribution in [2.75, 3.05) is 5.73 Å². The van der Waals surface area contributed by atoms with Crippen molar-refractivity contribution in [3.63, 3.8) is 0 Å². The fourth-order valence-electron chi connectivity index (χ4n) is 1.14. The summed E-state index contributed by atoms with van der Waals surface area (Å²) in [5.74, 6) is 0. The highest BCUT2D eigenvalue weighted by Gasteiger charge is 2.00. The Labute approximate surface area is 70.3 Å². The number of nitrogens with zero attached hydrogens (tertiary/aromatic N) is 1. The second-order valence-electron chi connectivity index (χ2n) is 2.56. The zero-order valence-corrected chi connectivity index (χ0v) is 6.49. The number of nitrogens with one attached hydrogen (secondary N) is 1. The minimum Gasteiger partial charge on any atom is -0.398 e. The van der Waals surface area contributed by atoms with Gasteiger partial charge in [0.05, 0.1) is 0 Å². The van der Waals surface area contributed by atoms with Crippen LogP contribution >= 0.6 is 0 Å². The summed E-state index contributed by atoms with van der Waals surface area (Å²) in [5, 5.41) is 0. The van der Waals surface area contributed by atoms with Gasteiger partial charge in [0.25, 0.3) is 0 Å². The summed E-state index contributed by atoms with van der Waals surface area (Å²) in [4.78, 5) is 6.98. The molecule has 12 heavy (non-hydrogen) atoms. The molecule has 2 rings (SSSR count). The smallest absolute Gasteiger partial charge is 0.0425 e. The van der Waals surface area contributed by atoms with Crippen LogP contribution in [0.2, 0.25) is 0 Å². The van der Waals surface area contributed by atoms with Gasteiger partial charge in [0, 0.05) is 41.6 Å². The van der Waals surface area contributed by atoms with Crippen LogP contribution in [0.3, 0.4) is 0 Å². The van der Waals surface area contributed by atoms with Crippen molar-refractivity contribution in [3.05, 3.63) is 36.9 Å². The number of nitrogens with two attached hydrogens (primary N) is 1. The van der Waals surface area contributed by atoms with E-state index in [1.54, 1.807) is 18.5 Å². The van der Waals surface area contributed by atoms with E-state index >= 15 is 0 Å². The molecule has 2 heterocycles. The number of hydrogen-bond acceptors (Lipinski definition) is 2. The largest absolute Gasteiger partial charge is 0.398 e. The molecule has 3 heteroatoms. The van der Waals surface area contributed by atoms with E-state index in [-0.39, 0.29) is 0 Å². The van der Waals surface area contributed by atoms with Crippen molar-refractivity contribution in [3.8, 4) is 11.1 Å². The van der Waals surface area contributed by atoms with Crippen molar-refractivity contribution in [2.24, 2.45) is 0 Å². The molecule has 3 N–H and O–H groups in total. The first kappa shape index (κ1) is 6.91. The Balaban J connectivity index is 2.55. The van der Waals surface area contributed by atoms with Gasteiger partial charge >= 0.3 is 0 Å². The van der Waals surface area contributed by atoms with Gasteiger partial charge in [0.2, 0.25) is 0 Å². The monoisotopic (exact) mass is 159 g/mol. The molecule has 0 amide bonds. The molecule has 0 atom stereocenters. The summed E-state index contributed by atoms with van der Waals surface area (Å²) >= 11 is 0. The van der Waals surface area contributed by atoms with E-state index in [9.17, 15) is 0 Å². The average molecular weight is 159 g/mol. The van der Waals surface area contributed by atoms with Crippen LogP contribution in [0.25, 0.3) is 11.1 Å². The maximum atomic E-state index is 5.76. The number of pyridine rings is 1. The molecule has 0 radical (unpaired) electrons. The number of H-pyrrole nitrogens is 1. The summed E-state index contributed by atoms with van der Waals surface area (Å²) in [7, 11) is 0. The summed E-state index contributed by atoms with van der Waals surface area (Å²) < 4.78 is 0. The van der Waals surface area contributed by atoms with Crippen molar-refractivity contribution in [1.29, 1.82) is 0 Å². The number of rotatable bonds is 1. The lowest BCUT2D eigenvalue weighted by atomic mass is 10.1. The fourth-order valence-corrected chi connectivity index (χ4v) is 1.14. The second-order valence-corrected chi connectivity index (χ2v) is 2.56. The molecule has 0 aromatic carbocycles. The van der Waals surface area contributed by atoms with Gasteiger partial charge in [-0.2, -0.15) is 0 Å². The zero-order chi connectivity index (χ0) is 8.39. The van der Waals surface area contributed by atoms with Gasteiger partial charge in [-0.3, -0.25) is 4.98 Å². The van der Waals surface area contributed by atoms with Crippen LogP contribution in [-0.2, 0) is 0 Å². The molecule has 2 aromatic rings. The van der Waals surface area contributed by atoms with Crippen LogP contribution in [0.4, 0.5) is 5.69 Å². The zero-order valence-electron chi connectivity index (χ0n) is 6.49. The maximum absolute atomic E-state index is 5.76. The minimum absolute atomic E-state index is 0.754. The van der Waals surface area contributed by atoms with Gasteiger partial charge in [-0.25, -0.2) is 0 Å². The van der Waals surface area contributed by atoms with Crippen molar-refractivity contribution >= 4 is 5.69 Å². The lowest BCUT2D eigenvalue weighted by Crippen LogP contribution is -1.89. The molecular formula is C9H9N3. The molecule has 3 nitrogen and oxygen atoms in total. The average Bonchev–Trinajstić information content (AvgIpc) is 2.57. The van der Waals surface area contributed by atoms with Gasteiger partial charge in [-0.1, -0.05) is 0 Å². The molecule has 0 saturated carbocycles. The van der Waals surface area contributed by atoms with Crippen LogP contribution < -0.4 is 5.73 Å². The molecule has 2 aromatic heterocycles. The Hall–Kier alpha value is -1.77. The van der Waals surface area contributed by atoms with E-state index in [0.29, 0.717) is 0 Å². The Morgan fingerprint density at radius 3 is 2.92 bits per heavy atom. The van der Waals surface area contributed by atoms with Crippen LogP contribution in [0.1, 0.15) is 0 Å². The lowest BCUT2D eigenvalue weighted by molar-refractivity contribution is 1.33. The van der Waals surface area contributed by atoms with E-state index in [1.165, 1.54) is 0 Å². The molecule has 0 unspecified atom stereocenters. The Morgan fingerprint density at radius 1 is 1.33 bits per heavy atom. The third-order valence-electron chi connectivity index (χ3n) is 1.76. The molecular weight excluding hydrogens is 150 g/mol. The third kappa shape index (κ3) is 1.05. The van der Waals surface area contributed by atoms with Gasteiger partial charge in [0.1, 0.15) is 0 Å². The van der Waals surface area contributed by atoms with Crippen molar-refractivity contribution in [1.82, 2.24) is 9.97 Å². The predicted molar refractivity (Wildman–Crippen MR) is 48.4 cm³/mol. The Bertz CT molecular complexity index is 365. The van der Waals surface area contributed by atoms with E-state index in [0.717, 1.165) is 16.8 Å². The maximum Gasteiger partial charge on any atom is 0.0425 e. The standard InChI is InChI=1S/C9H9N3/c10-9-2-4-12-6-8(9)7-1-3-11-5-7/h1-6,11H,(H2,10,12). The molecule has 0 aliphatic heterocycles. The third-order valence-corrected chi connectivity index (χ3v) is 1.76. The molecule has 0 aliphatic rings. The highest BCUT2D eigenvalue weighted by Crippen LogP contribution is 2.23. The molecule has 0 saturated heterocycles. The van der Waals surface area contributed by atoms with E-state index in [4.69, 9.17) is 5.73 Å². The normalized spacial score (nSPS) is 10.0.